The van der Waals surface area contributed by atoms with Crippen molar-refractivity contribution in [1.29, 1.82) is 5.41 Å². The lowest BCUT2D eigenvalue weighted by molar-refractivity contribution is 0.557. The molecule has 1 aliphatic heterocycles. The number of thiol groups is 1. The highest BCUT2D eigenvalue weighted by atomic mass is 79.9. The highest BCUT2D eigenvalue weighted by molar-refractivity contribution is 9.10. The van der Waals surface area contributed by atoms with Crippen molar-refractivity contribution in [3.8, 4) is 0 Å². The van der Waals surface area contributed by atoms with E-state index in [2.05, 4.69) is 36.5 Å². The first-order valence-corrected chi connectivity index (χ1v) is 12.6. The molecule has 0 amide bonds. The van der Waals surface area contributed by atoms with E-state index < -0.39 is 26.5 Å². The van der Waals surface area contributed by atoms with E-state index in [1.807, 2.05) is 12.1 Å². The second-order valence-electron chi connectivity index (χ2n) is 8.16. The fourth-order valence-electron chi connectivity index (χ4n) is 3.54. The number of hydrogen-bond acceptors (Lipinski definition) is 5. The van der Waals surface area contributed by atoms with Crippen molar-refractivity contribution in [2.75, 3.05) is 17.3 Å². The van der Waals surface area contributed by atoms with Gasteiger partial charge in [0.1, 0.15) is 17.2 Å². The van der Waals surface area contributed by atoms with E-state index in [1.165, 1.54) is 6.07 Å². The number of benzene rings is 1. The number of nitrogens with zero attached hydrogens (tertiary/aromatic N) is 2. The van der Waals surface area contributed by atoms with Gasteiger partial charge in [-0.25, -0.2) is 9.37 Å². The van der Waals surface area contributed by atoms with Gasteiger partial charge in [0.25, 0.3) is 0 Å². The smallest absolute Gasteiger partial charge is 0.156 e. The van der Waals surface area contributed by atoms with E-state index in [-0.39, 0.29) is 11.6 Å². The fourth-order valence-corrected chi connectivity index (χ4v) is 5.86. The van der Waals surface area contributed by atoms with Crippen molar-refractivity contribution in [3.63, 3.8) is 0 Å². The molecule has 158 valence electrons. The molecule has 9 heteroatoms. The van der Waals surface area contributed by atoms with Gasteiger partial charge >= 0.3 is 0 Å². The van der Waals surface area contributed by atoms with E-state index >= 15 is 0 Å². The molecule has 0 spiro atoms. The molecule has 0 radical (unpaired) electrons. The van der Waals surface area contributed by atoms with E-state index in [1.54, 1.807) is 44.6 Å². The molecule has 0 bridgehead atoms. The molecule has 1 aromatic carbocycles. The van der Waals surface area contributed by atoms with Crippen LogP contribution in [0.15, 0.2) is 47.2 Å². The summed E-state index contributed by atoms with van der Waals surface area (Å²) in [6.45, 7) is 3.59. The van der Waals surface area contributed by atoms with Crippen LogP contribution in [-0.4, -0.2) is 36.8 Å². The fraction of sp³-hybridized carbons (Fsp3) is 0.286. The second kappa shape index (κ2) is 7.39. The molecule has 1 saturated heterocycles. The SMILES string of the molecule is CC1(C)C(=N)NC(c2cc(Nc3nccc4cc(Br)cnc34)ccc2F)C[SH]1(C)=O. The van der Waals surface area contributed by atoms with Crippen LogP contribution in [0, 0.1) is 11.2 Å². The van der Waals surface area contributed by atoms with Crippen molar-refractivity contribution in [3.05, 3.63) is 58.6 Å². The van der Waals surface area contributed by atoms with Crippen LogP contribution in [0.4, 0.5) is 15.9 Å². The zero-order valence-corrected chi connectivity index (χ0v) is 19.3. The van der Waals surface area contributed by atoms with Crippen molar-refractivity contribution in [2.45, 2.75) is 24.6 Å². The number of fused-ring (bicyclic) bond motifs is 1. The van der Waals surface area contributed by atoms with E-state index in [0.717, 1.165) is 9.86 Å². The van der Waals surface area contributed by atoms with Crippen LogP contribution in [0.3, 0.4) is 0 Å². The maximum absolute atomic E-state index is 14.7. The molecule has 0 aliphatic carbocycles. The van der Waals surface area contributed by atoms with Gasteiger partial charge in [-0.1, -0.05) is 9.93 Å². The van der Waals surface area contributed by atoms with Crippen LogP contribution in [0.1, 0.15) is 25.5 Å². The minimum atomic E-state index is -2.71. The van der Waals surface area contributed by atoms with Gasteiger partial charge in [0, 0.05) is 39.3 Å². The summed E-state index contributed by atoms with van der Waals surface area (Å²) in [6, 6.07) is 7.96. The van der Waals surface area contributed by atoms with Crippen LogP contribution < -0.4 is 10.6 Å². The molecule has 3 aromatic rings. The Balaban J connectivity index is 1.68. The molecular formula is C21H23BrFN5OS. The third-order valence-electron chi connectivity index (χ3n) is 5.84. The molecule has 6 nitrogen and oxygen atoms in total. The number of aromatic nitrogens is 2. The normalized spacial score (nSPS) is 21.1. The first-order valence-electron chi connectivity index (χ1n) is 9.47. The number of halogens is 2. The van der Waals surface area contributed by atoms with Crippen molar-refractivity contribution in [1.82, 2.24) is 15.3 Å². The lowest BCUT2D eigenvalue weighted by atomic mass is 10.0. The Morgan fingerprint density at radius 3 is 2.80 bits per heavy atom. The van der Waals surface area contributed by atoms with Crippen LogP contribution >= 0.6 is 15.9 Å². The molecule has 4 rings (SSSR count). The number of pyridine rings is 2. The van der Waals surface area contributed by atoms with Gasteiger partial charge in [0.2, 0.25) is 0 Å². The summed E-state index contributed by atoms with van der Waals surface area (Å²) >= 11 is 3.42. The average molecular weight is 492 g/mol. The zero-order valence-electron chi connectivity index (χ0n) is 16.8. The monoisotopic (exact) mass is 491 g/mol. The Morgan fingerprint density at radius 1 is 1.30 bits per heavy atom. The van der Waals surface area contributed by atoms with E-state index in [9.17, 15) is 8.60 Å². The summed E-state index contributed by atoms with van der Waals surface area (Å²) in [5.74, 6) is 0.612. The predicted octanol–water partition coefficient (Wildman–Crippen LogP) is 4.32. The third kappa shape index (κ3) is 3.60. The Bertz CT molecular complexity index is 1220. The van der Waals surface area contributed by atoms with Crippen molar-refractivity contribution in [2.24, 2.45) is 0 Å². The Morgan fingerprint density at radius 2 is 2.07 bits per heavy atom. The van der Waals surface area contributed by atoms with Crippen LogP contribution in [0.5, 0.6) is 0 Å². The Labute approximate surface area is 183 Å². The van der Waals surface area contributed by atoms with Crippen molar-refractivity contribution >= 4 is 54.1 Å². The van der Waals surface area contributed by atoms with Gasteiger partial charge < -0.3 is 10.6 Å². The molecule has 1 atom stereocenters. The molecule has 0 saturated carbocycles. The van der Waals surface area contributed by atoms with Crippen molar-refractivity contribution < 1.29 is 8.60 Å². The van der Waals surface area contributed by atoms with Gasteiger partial charge in [-0.05, 0) is 66.4 Å². The first kappa shape index (κ1) is 20.9. The topological polar surface area (TPSA) is 90.8 Å². The number of nitrogens with one attached hydrogen (secondary N) is 3. The lowest BCUT2D eigenvalue weighted by Crippen LogP contribution is -2.59. The predicted molar refractivity (Wildman–Crippen MR) is 125 cm³/mol. The quantitative estimate of drug-likeness (QED) is 0.409. The molecule has 1 fully saturated rings. The highest BCUT2D eigenvalue weighted by Gasteiger charge is 2.43. The average Bonchev–Trinajstić information content (AvgIpc) is 2.67. The Hall–Kier alpha value is -2.39. The number of rotatable bonds is 3. The van der Waals surface area contributed by atoms with Gasteiger partial charge in [0.15, 0.2) is 5.82 Å². The number of amidine groups is 1. The molecule has 3 N–H and O–H groups in total. The largest absolute Gasteiger partial charge is 0.365 e. The summed E-state index contributed by atoms with van der Waals surface area (Å²) in [6.07, 6.45) is 5.07. The van der Waals surface area contributed by atoms with Crippen LogP contribution in [0.2, 0.25) is 0 Å². The summed E-state index contributed by atoms with van der Waals surface area (Å²) in [4.78, 5) is 8.80. The van der Waals surface area contributed by atoms with Crippen LogP contribution in [0.25, 0.3) is 10.9 Å². The maximum Gasteiger partial charge on any atom is 0.156 e. The molecular weight excluding hydrogens is 469 g/mol. The summed E-state index contributed by atoms with van der Waals surface area (Å²) < 4.78 is 28.0. The van der Waals surface area contributed by atoms with E-state index in [4.69, 9.17) is 5.41 Å². The zero-order chi connectivity index (χ0) is 21.7. The summed E-state index contributed by atoms with van der Waals surface area (Å²) in [5, 5.41) is 15.5. The van der Waals surface area contributed by atoms with E-state index in [0.29, 0.717) is 22.6 Å². The maximum atomic E-state index is 14.7. The van der Waals surface area contributed by atoms with Gasteiger partial charge in [-0.3, -0.25) is 14.6 Å². The minimum Gasteiger partial charge on any atom is -0.365 e. The number of anilines is 2. The minimum absolute atomic E-state index is 0.174. The number of hydrogen-bond donors (Lipinski definition) is 4. The molecule has 30 heavy (non-hydrogen) atoms. The third-order valence-corrected chi connectivity index (χ3v) is 9.93. The highest BCUT2D eigenvalue weighted by Crippen LogP contribution is 2.35. The summed E-state index contributed by atoms with van der Waals surface area (Å²) in [5.41, 5.74) is 1.71. The first-order chi connectivity index (χ1) is 14.1. The second-order valence-corrected chi connectivity index (χ2v) is 12.8. The van der Waals surface area contributed by atoms with Gasteiger partial charge in [-0.15, -0.1) is 0 Å². The molecule has 1 unspecified atom stereocenters. The molecule has 1 aliphatic rings. The Kier molecular flexibility index (Phi) is 5.14. The lowest BCUT2D eigenvalue weighted by Gasteiger charge is -2.45. The van der Waals surface area contributed by atoms with Gasteiger partial charge in [-0.2, -0.15) is 0 Å². The molecule has 2 aromatic heterocycles. The van der Waals surface area contributed by atoms with Crippen LogP contribution in [-0.2, 0) is 9.93 Å². The molecule has 3 heterocycles. The van der Waals surface area contributed by atoms with Gasteiger partial charge in [0.05, 0.1) is 10.8 Å². The standard InChI is InChI=1S/C21H23BrFN5OS/c1-21(2)20(24)28-17(11-30(21,3)29)15-9-14(4-5-16(15)23)27-19-18-12(6-7-25-19)8-13(22)10-26-18/h4-10,17,30H,11H2,1-3H3,(H2,24,28)(H,25,27). The summed E-state index contributed by atoms with van der Waals surface area (Å²) in [7, 11) is -2.71.